The van der Waals surface area contributed by atoms with Gasteiger partial charge >= 0.3 is 17.9 Å². The highest BCUT2D eigenvalue weighted by atomic mass is 16.6. The molecule has 0 saturated carbocycles. The summed E-state index contributed by atoms with van der Waals surface area (Å²) in [6.45, 7) is -0.148. The highest BCUT2D eigenvalue weighted by molar-refractivity contribution is 5.91. The molecule has 124 valence electrons. The molecule has 0 N–H and O–H groups in total. The van der Waals surface area contributed by atoms with Gasteiger partial charge in [0.2, 0.25) is 0 Å². The molecule has 0 aliphatic carbocycles. The maximum absolute atomic E-state index is 11.8. The van der Waals surface area contributed by atoms with E-state index in [1.165, 1.54) is 14.2 Å². The Morgan fingerprint density at radius 3 is 2.30 bits per heavy atom. The van der Waals surface area contributed by atoms with Gasteiger partial charge in [0.15, 0.2) is 0 Å². The van der Waals surface area contributed by atoms with Crippen LogP contribution in [0.15, 0.2) is 42.5 Å². The standard InChI is InChI=1S/C16H18O7/c1-20-13(11-22-15(18)9-8-14(17)21-2)10-16(19)23-12-6-4-3-5-7-12/h3-9,13H,10-11H2,1-2H3/b9-8+. The summed E-state index contributed by atoms with van der Waals surface area (Å²) in [4.78, 5) is 34.0. The van der Waals surface area contributed by atoms with Crippen molar-refractivity contribution >= 4 is 17.9 Å². The number of carbonyl (C=O) groups excluding carboxylic acids is 3. The highest BCUT2D eigenvalue weighted by Gasteiger charge is 2.17. The summed E-state index contributed by atoms with van der Waals surface area (Å²) in [6, 6.07) is 8.59. The lowest BCUT2D eigenvalue weighted by molar-refractivity contribution is -0.146. The van der Waals surface area contributed by atoms with Crippen LogP contribution in [0.2, 0.25) is 0 Å². The first kappa shape index (κ1) is 18.4. The minimum atomic E-state index is -0.742. The predicted octanol–water partition coefficient (Wildman–Crippen LogP) is 1.27. The summed E-state index contributed by atoms with van der Waals surface area (Å²) in [7, 11) is 2.58. The minimum absolute atomic E-state index is 0.0839. The third-order valence-corrected chi connectivity index (χ3v) is 2.67. The molecule has 0 fully saturated rings. The van der Waals surface area contributed by atoms with Crippen LogP contribution in [0.4, 0.5) is 0 Å². The zero-order valence-corrected chi connectivity index (χ0v) is 12.9. The fourth-order valence-corrected chi connectivity index (χ4v) is 1.49. The first-order valence-corrected chi connectivity index (χ1v) is 6.76. The summed E-state index contributed by atoms with van der Waals surface area (Å²) >= 11 is 0. The van der Waals surface area contributed by atoms with Crippen LogP contribution in [-0.4, -0.2) is 44.8 Å². The second-order valence-electron chi connectivity index (χ2n) is 4.34. The summed E-state index contributed by atoms with van der Waals surface area (Å²) in [5.41, 5.74) is 0. The van der Waals surface area contributed by atoms with Gasteiger partial charge in [0.05, 0.1) is 13.5 Å². The maximum Gasteiger partial charge on any atom is 0.331 e. The Hall–Kier alpha value is -2.67. The van der Waals surface area contributed by atoms with E-state index in [0.717, 1.165) is 12.2 Å². The number of ether oxygens (including phenoxy) is 4. The first-order valence-electron chi connectivity index (χ1n) is 6.76. The van der Waals surface area contributed by atoms with Gasteiger partial charge in [0.1, 0.15) is 18.5 Å². The molecule has 7 heteroatoms. The molecular weight excluding hydrogens is 304 g/mol. The molecule has 0 aromatic heterocycles. The Kier molecular flexibility index (Phi) is 8.09. The molecule has 1 unspecified atom stereocenters. The van der Waals surface area contributed by atoms with Gasteiger partial charge in [-0.3, -0.25) is 4.79 Å². The molecule has 0 saturated heterocycles. The van der Waals surface area contributed by atoms with E-state index in [9.17, 15) is 14.4 Å². The monoisotopic (exact) mass is 322 g/mol. The van der Waals surface area contributed by atoms with Crippen LogP contribution in [0, 0.1) is 0 Å². The third kappa shape index (κ3) is 7.77. The van der Waals surface area contributed by atoms with E-state index in [-0.39, 0.29) is 13.0 Å². The smallest absolute Gasteiger partial charge is 0.331 e. The highest BCUT2D eigenvalue weighted by Crippen LogP contribution is 2.10. The normalized spacial score (nSPS) is 11.7. The SMILES string of the molecule is COC(=O)/C=C/C(=O)OCC(CC(=O)Oc1ccccc1)OC. The zero-order chi connectivity index (χ0) is 17.1. The topological polar surface area (TPSA) is 88.1 Å². The lowest BCUT2D eigenvalue weighted by atomic mass is 10.2. The zero-order valence-electron chi connectivity index (χ0n) is 12.9. The van der Waals surface area contributed by atoms with Crippen LogP contribution in [0.1, 0.15) is 6.42 Å². The van der Waals surface area contributed by atoms with Gasteiger partial charge < -0.3 is 18.9 Å². The lowest BCUT2D eigenvalue weighted by Gasteiger charge is -2.14. The summed E-state index contributed by atoms with van der Waals surface area (Å²) in [6.07, 6.45) is 1.13. The number of para-hydroxylation sites is 1. The first-order chi connectivity index (χ1) is 11.0. The van der Waals surface area contributed by atoms with E-state index >= 15 is 0 Å². The molecule has 1 aromatic rings. The van der Waals surface area contributed by atoms with Gasteiger partial charge in [0.25, 0.3) is 0 Å². The van der Waals surface area contributed by atoms with E-state index < -0.39 is 24.0 Å². The van der Waals surface area contributed by atoms with Crippen molar-refractivity contribution in [3.05, 3.63) is 42.5 Å². The molecule has 0 aliphatic heterocycles. The van der Waals surface area contributed by atoms with Crippen molar-refractivity contribution in [2.24, 2.45) is 0 Å². The fourth-order valence-electron chi connectivity index (χ4n) is 1.49. The third-order valence-electron chi connectivity index (χ3n) is 2.67. The molecule has 1 aromatic carbocycles. The van der Waals surface area contributed by atoms with Crippen molar-refractivity contribution in [3.63, 3.8) is 0 Å². The molecule has 0 heterocycles. The molecule has 0 amide bonds. The molecule has 1 atom stereocenters. The van der Waals surface area contributed by atoms with Crippen molar-refractivity contribution < 1.29 is 33.3 Å². The van der Waals surface area contributed by atoms with Crippen molar-refractivity contribution in [2.75, 3.05) is 20.8 Å². The fraction of sp³-hybridized carbons (Fsp3) is 0.312. The number of carbonyl (C=O) groups is 3. The Balaban J connectivity index is 2.39. The molecule has 23 heavy (non-hydrogen) atoms. The quantitative estimate of drug-likeness (QED) is 0.404. The van der Waals surface area contributed by atoms with Crippen LogP contribution in [0.5, 0.6) is 5.75 Å². The molecule has 0 spiro atoms. The van der Waals surface area contributed by atoms with E-state index in [0.29, 0.717) is 5.75 Å². The summed E-state index contributed by atoms with van der Waals surface area (Å²) in [5.74, 6) is -1.50. The number of esters is 3. The number of hydrogen-bond acceptors (Lipinski definition) is 7. The second-order valence-corrected chi connectivity index (χ2v) is 4.34. The molecule has 0 aliphatic rings. The average Bonchev–Trinajstić information content (AvgIpc) is 2.57. The largest absolute Gasteiger partial charge is 0.466 e. The molecule has 1 rings (SSSR count). The minimum Gasteiger partial charge on any atom is -0.466 e. The summed E-state index contributed by atoms with van der Waals surface area (Å²) < 4.78 is 19.4. The van der Waals surface area contributed by atoms with Gasteiger partial charge in [0, 0.05) is 19.3 Å². The van der Waals surface area contributed by atoms with Crippen molar-refractivity contribution in [1.29, 1.82) is 0 Å². The van der Waals surface area contributed by atoms with Gasteiger partial charge in [-0.2, -0.15) is 0 Å². The lowest BCUT2D eigenvalue weighted by Crippen LogP contribution is -2.25. The Morgan fingerprint density at radius 2 is 1.70 bits per heavy atom. The van der Waals surface area contributed by atoms with E-state index in [4.69, 9.17) is 14.2 Å². The van der Waals surface area contributed by atoms with Crippen molar-refractivity contribution in [1.82, 2.24) is 0 Å². The number of rotatable bonds is 8. The van der Waals surface area contributed by atoms with Crippen LogP contribution in [0.25, 0.3) is 0 Å². The van der Waals surface area contributed by atoms with Crippen molar-refractivity contribution in [2.45, 2.75) is 12.5 Å². The Morgan fingerprint density at radius 1 is 1.04 bits per heavy atom. The molecular formula is C16H18O7. The van der Waals surface area contributed by atoms with E-state index in [1.54, 1.807) is 30.3 Å². The van der Waals surface area contributed by atoms with Crippen LogP contribution < -0.4 is 4.74 Å². The van der Waals surface area contributed by atoms with Gasteiger partial charge in [-0.15, -0.1) is 0 Å². The number of methoxy groups -OCH3 is 2. The van der Waals surface area contributed by atoms with Gasteiger partial charge in [-0.25, -0.2) is 9.59 Å². The van der Waals surface area contributed by atoms with Crippen molar-refractivity contribution in [3.8, 4) is 5.75 Å². The van der Waals surface area contributed by atoms with Gasteiger partial charge in [-0.05, 0) is 12.1 Å². The van der Waals surface area contributed by atoms with Crippen LogP contribution in [-0.2, 0) is 28.6 Å². The van der Waals surface area contributed by atoms with E-state index in [1.807, 2.05) is 0 Å². The van der Waals surface area contributed by atoms with Crippen LogP contribution in [0.3, 0.4) is 0 Å². The molecule has 7 nitrogen and oxygen atoms in total. The Bertz CT molecular complexity index is 551. The number of benzene rings is 1. The predicted molar refractivity (Wildman–Crippen MR) is 79.6 cm³/mol. The van der Waals surface area contributed by atoms with Gasteiger partial charge in [-0.1, -0.05) is 18.2 Å². The Labute approximate surface area is 133 Å². The molecule has 0 bridgehead atoms. The summed E-state index contributed by atoms with van der Waals surface area (Å²) in [5, 5.41) is 0. The number of hydrogen-bond donors (Lipinski definition) is 0. The van der Waals surface area contributed by atoms with E-state index in [2.05, 4.69) is 4.74 Å². The molecule has 0 radical (unpaired) electrons. The maximum atomic E-state index is 11.8. The van der Waals surface area contributed by atoms with Crippen LogP contribution >= 0.6 is 0 Å². The average molecular weight is 322 g/mol. The second kappa shape index (κ2) is 10.1.